The molecule has 0 saturated heterocycles. The van der Waals surface area contributed by atoms with Crippen LogP contribution in [0.2, 0.25) is 0 Å². The monoisotopic (exact) mass is 566 g/mol. The van der Waals surface area contributed by atoms with Crippen molar-refractivity contribution in [3.8, 4) is 5.82 Å². The van der Waals surface area contributed by atoms with Crippen molar-refractivity contribution >= 4 is 28.9 Å². The summed E-state index contributed by atoms with van der Waals surface area (Å²) in [5, 5.41) is 16.8. The van der Waals surface area contributed by atoms with Gasteiger partial charge >= 0.3 is 6.18 Å². The van der Waals surface area contributed by atoms with Gasteiger partial charge in [-0.25, -0.2) is 9.97 Å². The fourth-order valence-corrected chi connectivity index (χ4v) is 4.33. The number of carbonyl (C=O) groups excluding carboxylic acids is 1. The van der Waals surface area contributed by atoms with Crippen molar-refractivity contribution in [2.75, 3.05) is 23.0 Å². The number of nitrogens with one attached hydrogen (secondary N) is 4. The summed E-state index contributed by atoms with van der Waals surface area (Å²) >= 11 is 0. The van der Waals surface area contributed by atoms with Gasteiger partial charge in [-0.05, 0) is 62.2 Å². The summed E-state index contributed by atoms with van der Waals surface area (Å²) in [7, 11) is 1.76. The van der Waals surface area contributed by atoms with E-state index in [1.807, 2.05) is 39.8 Å². The number of amides is 1. The average Bonchev–Trinajstić information content (AvgIpc) is 3.29. The van der Waals surface area contributed by atoms with E-state index in [-0.39, 0.29) is 17.6 Å². The van der Waals surface area contributed by atoms with Crippen molar-refractivity contribution in [1.29, 1.82) is 0 Å². The summed E-state index contributed by atoms with van der Waals surface area (Å²) in [5.41, 5.74) is 2.13. The van der Waals surface area contributed by atoms with Crippen LogP contribution < -0.4 is 21.3 Å². The summed E-state index contributed by atoms with van der Waals surface area (Å²) < 4.78 is 42.7. The van der Waals surface area contributed by atoms with Gasteiger partial charge in [-0.3, -0.25) is 4.79 Å². The zero-order valence-electron chi connectivity index (χ0n) is 23.7. The maximum absolute atomic E-state index is 13.7. The lowest BCUT2D eigenvalue weighted by Gasteiger charge is -2.20. The number of aryl methyl sites for hydroxylation is 2. The number of anilines is 4. The molecule has 0 aliphatic rings. The molecule has 0 fully saturated rings. The molecule has 2 aromatic heterocycles. The fourth-order valence-electron chi connectivity index (χ4n) is 4.33. The molecule has 0 radical (unpaired) electrons. The zero-order chi connectivity index (χ0) is 29.9. The number of hydrogen-bond donors (Lipinski definition) is 4. The summed E-state index contributed by atoms with van der Waals surface area (Å²) in [5.74, 6) is 1.15. The first-order valence-electron chi connectivity index (χ1n) is 13.1. The first-order chi connectivity index (χ1) is 19.3. The Morgan fingerprint density at radius 3 is 2.41 bits per heavy atom. The quantitative estimate of drug-likeness (QED) is 0.186. The predicted molar refractivity (Wildman–Crippen MR) is 154 cm³/mol. The van der Waals surface area contributed by atoms with Crippen LogP contribution in [0.25, 0.3) is 5.82 Å². The van der Waals surface area contributed by atoms with Crippen LogP contribution in [0, 0.1) is 13.8 Å². The van der Waals surface area contributed by atoms with Crippen molar-refractivity contribution in [2.24, 2.45) is 0 Å². The van der Waals surface area contributed by atoms with E-state index in [1.54, 1.807) is 36.9 Å². The second kappa shape index (κ2) is 12.0. The van der Waals surface area contributed by atoms with Gasteiger partial charge in [0.25, 0.3) is 5.91 Å². The molecule has 0 spiro atoms. The van der Waals surface area contributed by atoms with E-state index in [0.29, 0.717) is 34.4 Å². The molecule has 4 rings (SSSR count). The first kappa shape index (κ1) is 29.5. The lowest BCUT2D eigenvalue weighted by molar-refractivity contribution is -0.137. The molecule has 2 aromatic carbocycles. The van der Waals surface area contributed by atoms with Crippen LogP contribution in [0.1, 0.15) is 59.6 Å². The average molecular weight is 567 g/mol. The molecule has 12 heteroatoms. The summed E-state index contributed by atoms with van der Waals surface area (Å²) in [4.78, 5) is 21.6. The molecule has 4 aromatic rings. The second-order valence-corrected chi connectivity index (χ2v) is 10.1. The Morgan fingerprint density at radius 2 is 1.73 bits per heavy atom. The third-order valence-corrected chi connectivity index (χ3v) is 6.34. The highest BCUT2D eigenvalue weighted by Crippen LogP contribution is 2.33. The Labute approximate surface area is 236 Å². The highest BCUT2D eigenvalue weighted by molar-refractivity contribution is 6.04. The van der Waals surface area contributed by atoms with Crippen LogP contribution in [0.4, 0.5) is 36.2 Å². The Kier molecular flexibility index (Phi) is 8.62. The topological polar surface area (TPSA) is 109 Å². The molecule has 0 unspecified atom stereocenters. The third-order valence-electron chi connectivity index (χ3n) is 6.34. The van der Waals surface area contributed by atoms with Gasteiger partial charge in [0, 0.05) is 48.2 Å². The van der Waals surface area contributed by atoms with Crippen molar-refractivity contribution in [3.05, 3.63) is 82.8 Å². The molecular weight excluding hydrogens is 533 g/mol. The van der Waals surface area contributed by atoms with Gasteiger partial charge < -0.3 is 21.3 Å². The van der Waals surface area contributed by atoms with E-state index in [2.05, 4.69) is 36.3 Å². The molecule has 4 N–H and O–H groups in total. The minimum absolute atomic E-state index is 0.0510. The van der Waals surface area contributed by atoms with E-state index >= 15 is 0 Å². The molecule has 0 saturated carbocycles. The normalized spacial score (nSPS) is 12.3. The lowest BCUT2D eigenvalue weighted by Crippen LogP contribution is -2.26. The van der Waals surface area contributed by atoms with E-state index in [1.165, 1.54) is 12.4 Å². The SMILES string of the molecule is CNc1cc(-n2nc(C)cc2Nc2cc(NC(=O)c3cc([C@@H](C)NC(C)C)cc(C(F)(F)F)c3)ccc2C)ncn1. The summed E-state index contributed by atoms with van der Waals surface area (Å²) in [6.07, 6.45) is -3.16. The van der Waals surface area contributed by atoms with Gasteiger partial charge in [0.05, 0.1) is 11.3 Å². The Balaban J connectivity index is 1.62. The van der Waals surface area contributed by atoms with E-state index in [9.17, 15) is 18.0 Å². The number of nitrogens with zero attached hydrogens (tertiary/aromatic N) is 4. The Bertz CT molecular complexity index is 1550. The Morgan fingerprint density at radius 1 is 0.976 bits per heavy atom. The van der Waals surface area contributed by atoms with E-state index < -0.39 is 17.6 Å². The number of alkyl halides is 3. The second-order valence-electron chi connectivity index (χ2n) is 10.1. The minimum atomic E-state index is -4.59. The number of carbonyl (C=O) groups is 1. The van der Waals surface area contributed by atoms with Crippen molar-refractivity contribution in [2.45, 2.75) is 52.9 Å². The van der Waals surface area contributed by atoms with Crippen LogP contribution in [0.5, 0.6) is 0 Å². The van der Waals surface area contributed by atoms with Crippen molar-refractivity contribution in [3.63, 3.8) is 0 Å². The van der Waals surface area contributed by atoms with Crippen LogP contribution in [-0.2, 0) is 6.18 Å². The summed E-state index contributed by atoms with van der Waals surface area (Å²) in [6, 6.07) is 11.9. The fraction of sp³-hybridized carbons (Fsp3) is 0.310. The van der Waals surface area contributed by atoms with Crippen LogP contribution >= 0.6 is 0 Å². The molecule has 2 heterocycles. The van der Waals surface area contributed by atoms with Gasteiger partial charge in [0.15, 0.2) is 5.82 Å². The van der Waals surface area contributed by atoms with Crippen LogP contribution in [0.3, 0.4) is 0 Å². The smallest absolute Gasteiger partial charge is 0.373 e. The van der Waals surface area contributed by atoms with E-state index in [4.69, 9.17) is 0 Å². The number of halogens is 3. The third kappa shape index (κ3) is 7.20. The highest BCUT2D eigenvalue weighted by Gasteiger charge is 2.32. The number of rotatable bonds is 9. The minimum Gasteiger partial charge on any atom is -0.373 e. The van der Waals surface area contributed by atoms with Gasteiger partial charge in [-0.15, -0.1) is 0 Å². The number of benzene rings is 2. The van der Waals surface area contributed by atoms with Gasteiger partial charge in [0.2, 0.25) is 0 Å². The molecule has 41 heavy (non-hydrogen) atoms. The number of aromatic nitrogens is 4. The lowest BCUT2D eigenvalue weighted by atomic mass is 9.99. The molecule has 216 valence electrons. The molecule has 9 nitrogen and oxygen atoms in total. The molecular formula is C29H33F3N8O. The standard InChI is InChI=1S/C29H33F3N8O/c1-16(2)36-19(5)20-10-21(12-22(11-20)29(30,31)32)28(41)37-23-8-7-17(3)24(13-23)38-27-9-18(4)39-40(27)26-14-25(33-6)34-15-35-26/h7-16,19,36,38H,1-6H3,(H,37,41)(H,33,34,35)/t19-/m1/s1. The molecule has 0 bridgehead atoms. The van der Waals surface area contributed by atoms with Gasteiger partial charge in [-0.1, -0.05) is 19.9 Å². The zero-order valence-corrected chi connectivity index (χ0v) is 23.7. The maximum atomic E-state index is 13.7. The molecule has 1 atom stereocenters. The summed E-state index contributed by atoms with van der Waals surface area (Å²) in [6.45, 7) is 9.33. The molecule has 1 amide bonds. The number of hydrogen-bond acceptors (Lipinski definition) is 7. The highest BCUT2D eigenvalue weighted by atomic mass is 19.4. The van der Waals surface area contributed by atoms with Crippen LogP contribution in [-0.4, -0.2) is 38.7 Å². The molecule has 0 aliphatic heterocycles. The Hall–Kier alpha value is -4.45. The van der Waals surface area contributed by atoms with Crippen molar-refractivity contribution < 1.29 is 18.0 Å². The largest absolute Gasteiger partial charge is 0.416 e. The first-order valence-corrected chi connectivity index (χ1v) is 13.1. The van der Waals surface area contributed by atoms with Gasteiger partial charge in [0.1, 0.15) is 18.0 Å². The van der Waals surface area contributed by atoms with E-state index in [0.717, 1.165) is 23.4 Å². The molecule has 0 aliphatic carbocycles. The van der Waals surface area contributed by atoms with Crippen LogP contribution in [0.15, 0.2) is 54.9 Å². The van der Waals surface area contributed by atoms with Crippen molar-refractivity contribution in [1.82, 2.24) is 25.1 Å². The maximum Gasteiger partial charge on any atom is 0.416 e. The van der Waals surface area contributed by atoms with Gasteiger partial charge in [-0.2, -0.15) is 23.0 Å². The predicted octanol–water partition coefficient (Wildman–Crippen LogP) is 6.39.